The van der Waals surface area contributed by atoms with E-state index in [1.807, 2.05) is 0 Å². The minimum absolute atomic E-state index is 0.159. The minimum atomic E-state index is -1.01. The van der Waals surface area contributed by atoms with Crippen LogP contribution in [0.3, 0.4) is 0 Å². The highest BCUT2D eigenvalue weighted by Crippen LogP contribution is 2.21. The lowest BCUT2D eigenvalue weighted by molar-refractivity contribution is -0.137. The molecule has 21 heavy (non-hydrogen) atoms. The summed E-state index contributed by atoms with van der Waals surface area (Å²) in [6.45, 7) is 3.43. The molecular formula is C13H19N5O3. The fraction of sp³-hybridized carbons (Fsp3) is 0.692. The van der Waals surface area contributed by atoms with Gasteiger partial charge in [-0.25, -0.2) is 4.68 Å². The van der Waals surface area contributed by atoms with Crippen molar-refractivity contribution < 1.29 is 14.7 Å². The molecule has 8 heteroatoms. The Morgan fingerprint density at radius 1 is 1.29 bits per heavy atom. The van der Waals surface area contributed by atoms with Gasteiger partial charge < -0.3 is 10.0 Å². The molecule has 1 N–H and O–H groups in total. The van der Waals surface area contributed by atoms with Crippen molar-refractivity contribution in [3.8, 4) is 0 Å². The van der Waals surface area contributed by atoms with E-state index in [9.17, 15) is 9.59 Å². The number of aliphatic carboxylic acids is 1. The van der Waals surface area contributed by atoms with Crippen molar-refractivity contribution in [2.45, 2.75) is 31.8 Å². The minimum Gasteiger partial charge on any atom is -0.480 e. The smallest absolute Gasteiger partial charge is 0.325 e. The number of aromatic nitrogens is 3. The van der Waals surface area contributed by atoms with E-state index in [2.05, 4.69) is 15.2 Å². The molecule has 8 nitrogen and oxygen atoms in total. The Bertz CT molecular complexity index is 538. The number of likely N-dealkylation sites (tertiary alicyclic amines) is 2. The molecule has 1 aromatic heterocycles. The van der Waals surface area contributed by atoms with Crippen molar-refractivity contribution >= 4 is 11.9 Å². The molecule has 114 valence electrons. The van der Waals surface area contributed by atoms with E-state index < -0.39 is 5.97 Å². The average molecular weight is 293 g/mol. The molecule has 0 aromatic carbocycles. The number of carbonyl (C=O) groups is 2. The summed E-state index contributed by atoms with van der Waals surface area (Å²) >= 11 is 0. The maximum absolute atomic E-state index is 12.4. The summed E-state index contributed by atoms with van der Waals surface area (Å²) in [5, 5.41) is 16.1. The summed E-state index contributed by atoms with van der Waals surface area (Å²) in [6, 6.07) is 0.450. The second-order valence-electron chi connectivity index (χ2n) is 5.63. The van der Waals surface area contributed by atoms with Crippen LogP contribution in [-0.2, 0) is 11.3 Å². The van der Waals surface area contributed by atoms with Crippen molar-refractivity contribution in [3.05, 3.63) is 11.9 Å². The summed E-state index contributed by atoms with van der Waals surface area (Å²) in [7, 11) is 0. The van der Waals surface area contributed by atoms with Crippen molar-refractivity contribution in [2.24, 2.45) is 0 Å². The number of carboxylic acids is 1. The van der Waals surface area contributed by atoms with Crippen molar-refractivity contribution in [3.63, 3.8) is 0 Å². The van der Waals surface area contributed by atoms with Crippen LogP contribution in [0.2, 0.25) is 0 Å². The Hall–Kier alpha value is -1.96. The van der Waals surface area contributed by atoms with Crippen molar-refractivity contribution in [2.75, 3.05) is 26.2 Å². The molecule has 1 aromatic rings. The molecule has 3 heterocycles. The van der Waals surface area contributed by atoms with Crippen LogP contribution in [-0.4, -0.2) is 74.0 Å². The highest BCUT2D eigenvalue weighted by atomic mass is 16.4. The standard InChI is InChI=1S/C13H19N5O3/c19-12(20)9-18-8-11(14-15-18)13(21)17-6-3-10(7-17)16-4-1-2-5-16/h8,10H,1-7,9H2,(H,19,20). The molecule has 2 saturated heterocycles. The Balaban J connectivity index is 1.60. The van der Waals surface area contributed by atoms with E-state index in [0.717, 1.165) is 32.6 Å². The van der Waals surface area contributed by atoms with Gasteiger partial charge >= 0.3 is 5.97 Å². The molecule has 0 bridgehead atoms. The van der Waals surface area contributed by atoms with Crippen LogP contribution in [0.15, 0.2) is 6.20 Å². The Kier molecular flexibility index (Phi) is 3.87. The zero-order valence-corrected chi connectivity index (χ0v) is 11.8. The molecule has 1 unspecified atom stereocenters. The third kappa shape index (κ3) is 3.05. The van der Waals surface area contributed by atoms with Crippen molar-refractivity contribution in [1.82, 2.24) is 24.8 Å². The first-order valence-electron chi connectivity index (χ1n) is 7.29. The predicted octanol–water partition coefficient (Wildman–Crippen LogP) is -0.327. The highest BCUT2D eigenvalue weighted by molar-refractivity contribution is 5.92. The van der Waals surface area contributed by atoms with Gasteiger partial charge in [0.15, 0.2) is 5.69 Å². The number of nitrogens with zero attached hydrogens (tertiary/aromatic N) is 5. The van der Waals surface area contributed by atoms with E-state index in [0.29, 0.717) is 6.04 Å². The molecule has 0 saturated carbocycles. The Labute approximate surface area is 122 Å². The number of rotatable bonds is 4. The van der Waals surface area contributed by atoms with Gasteiger partial charge in [0.1, 0.15) is 6.54 Å². The highest BCUT2D eigenvalue weighted by Gasteiger charge is 2.32. The predicted molar refractivity (Wildman–Crippen MR) is 72.8 cm³/mol. The number of hydrogen-bond donors (Lipinski definition) is 1. The zero-order chi connectivity index (χ0) is 14.8. The van der Waals surface area contributed by atoms with Crippen LogP contribution in [0.1, 0.15) is 29.8 Å². The molecule has 0 radical (unpaired) electrons. The maximum atomic E-state index is 12.4. The van der Waals surface area contributed by atoms with Gasteiger partial charge in [-0.05, 0) is 32.4 Å². The second kappa shape index (κ2) is 5.80. The fourth-order valence-corrected chi connectivity index (χ4v) is 3.11. The monoisotopic (exact) mass is 293 g/mol. The van der Waals surface area contributed by atoms with Gasteiger partial charge in [-0.15, -0.1) is 5.10 Å². The lowest BCUT2D eigenvalue weighted by atomic mass is 10.2. The first kappa shape index (κ1) is 14.0. The quantitative estimate of drug-likeness (QED) is 0.817. The molecule has 3 rings (SSSR count). The van der Waals surface area contributed by atoms with Gasteiger partial charge in [0.05, 0.1) is 6.20 Å². The topological polar surface area (TPSA) is 91.6 Å². The number of carboxylic acid groups (broad SMARTS) is 1. The van der Waals surface area contributed by atoms with Crippen LogP contribution in [0.5, 0.6) is 0 Å². The van der Waals surface area contributed by atoms with E-state index in [1.165, 1.54) is 23.7 Å². The second-order valence-corrected chi connectivity index (χ2v) is 5.63. The maximum Gasteiger partial charge on any atom is 0.325 e. The molecule has 0 spiro atoms. The summed E-state index contributed by atoms with van der Waals surface area (Å²) in [5.41, 5.74) is 0.221. The van der Waals surface area contributed by atoms with Gasteiger partial charge in [-0.3, -0.25) is 14.5 Å². The van der Waals surface area contributed by atoms with Crippen LogP contribution < -0.4 is 0 Å². The SMILES string of the molecule is O=C(O)Cn1cc(C(=O)N2CCC(N3CCCC3)C2)nn1. The first-order valence-corrected chi connectivity index (χ1v) is 7.29. The molecule has 2 aliphatic rings. The Morgan fingerprint density at radius 2 is 2.05 bits per heavy atom. The molecular weight excluding hydrogens is 274 g/mol. The average Bonchev–Trinajstić information content (AvgIpc) is 3.18. The van der Waals surface area contributed by atoms with Crippen LogP contribution in [0.4, 0.5) is 0 Å². The summed E-state index contributed by atoms with van der Waals surface area (Å²) in [5.74, 6) is -1.16. The van der Waals surface area contributed by atoms with E-state index in [4.69, 9.17) is 5.11 Å². The van der Waals surface area contributed by atoms with Crippen LogP contribution >= 0.6 is 0 Å². The van der Waals surface area contributed by atoms with Gasteiger partial charge in [0.25, 0.3) is 5.91 Å². The summed E-state index contributed by atoms with van der Waals surface area (Å²) in [4.78, 5) is 27.2. The van der Waals surface area contributed by atoms with Gasteiger partial charge in [0, 0.05) is 19.1 Å². The van der Waals surface area contributed by atoms with Crippen LogP contribution in [0.25, 0.3) is 0 Å². The van der Waals surface area contributed by atoms with E-state index in [-0.39, 0.29) is 18.1 Å². The molecule has 1 amide bonds. The van der Waals surface area contributed by atoms with E-state index in [1.54, 1.807) is 4.90 Å². The molecule has 1 atom stereocenters. The number of carbonyl (C=O) groups excluding carboxylic acids is 1. The largest absolute Gasteiger partial charge is 0.480 e. The molecule has 0 aliphatic carbocycles. The van der Waals surface area contributed by atoms with Gasteiger partial charge in [-0.1, -0.05) is 5.21 Å². The summed E-state index contributed by atoms with van der Waals surface area (Å²) < 4.78 is 1.17. The molecule has 2 aliphatic heterocycles. The molecule has 2 fully saturated rings. The van der Waals surface area contributed by atoms with Gasteiger partial charge in [-0.2, -0.15) is 0 Å². The Morgan fingerprint density at radius 3 is 2.76 bits per heavy atom. The summed E-state index contributed by atoms with van der Waals surface area (Å²) in [6.07, 6.45) is 4.89. The normalized spacial score (nSPS) is 22.9. The lowest BCUT2D eigenvalue weighted by Gasteiger charge is -2.23. The lowest BCUT2D eigenvalue weighted by Crippen LogP contribution is -2.37. The van der Waals surface area contributed by atoms with Gasteiger partial charge in [0.2, 0.25) is 0 Å². The third-order valence-corrected chi connectivity index (χ3v) is 4.16. The fourth-order valence-electron chi connectivity index (χ4n) is 3.11. The number of amides is 1. The third-order valence-electron chi connectivity index (χ3n) is 4.16. The van der Waals surface area contributed by atoms with Crippen molar-refractivity contribution in [1.29, 1.82) is 0 Å². The number of hydrogen-bond acceptors (Lipinski definition) is 5. The zero-order valence-electron chi connectivity index (χ0n) is 11.8. The van der Waals surface area contributed by atoms with Crippen LogP contribution in [0, 0.1) is 0 Å². The van der Waals surface area contributed by atoms with E-state index >= 15 is 0 Å². The first-order chi connectivity index (χ1) is 10.1.